The number of alkyl halides is 3. The SMILES string of the molecule is O=C(C1Cc2cc(C(F)(F)F)ccc2N2CCN(c3ccccc3F)CC12)N1CCOCC1. The van der Waals surface area contributed by atoms with E-state index in [1.54, 1.807) is 23.1 Å². The summed E-state index contributed by atoms with van der Waals surface area (Å²) >= 11 is 0. The number of ether oxygens (including phenoxy) is 1. The molecule has 0 spiro atoms. The third kappa shape index (κ3) is 4.14. The van der Waals surface area contributed by atoms with Gasteiger partial charge < -0.3 is 19.4 Å². The van der Waals surface area contributed by atoms with Crippen LogP contribution in [0, 0.1) is 11.7 Å². The third-order valence-electron chi connectivity index (χ3n) is 6.87. The highest BCUT2D eigenvalue weighted by atomic mass is 19.4. The first-order valence-electron chi connectivity index (χ1n) is 11.2. The molecule has 2 atom stereocenters. The standard InChI is InChI=1S/C24H25F4N3O2/c25-19-3-1-2-4-21(19)30-7-8-31-20-6-5-17(24(26,27)28)13-16(20)14-18(22(31)15-30)23(32)29-9-11-33-12-10-29/h1-6,13,18,22H,7-12,14-15H2. The second-order valence-electron chi connectivity index (χ2n) is 8.75. The Morgan fingerprint density at radius 3 is 2.45 bits per heavy atom. The molecule has 0 radical (unpaired) electrons. The summed E-state index contributed by atoms with van der Waals surface area (Å²) in [6.07, 6.45) is -4.22. The summed E-state index contributed by atoms with van der Waals surface area (Å²) in [5.74, 6) is -0.923. The maximum absolute atomic E-state index is 14.5. The van der Waals surface area contributed by atoms with Crippen molar-refractivity contribution in [1.29, 1.82) is 0 Å². The normalized spacial score (nSPS) is 23.2. The van der Waals surface area contributed by atoms with Gasteiger partial charge in [-0.15, -0.1) is 0 Å². The average molecular weight is 463 g/mol. The van der Waals surface area contributed by atoms with Crippen molar-refractivity contribution in [2.45, 2.75) is 18.6 Å². The molecule has 3 heterocycles. The lowest BCUT2D eigenvalue weighted by Gasteiger charge is -2.50. The van der Waals surface area contributed by atoms with Crippen molar-refractivity contribution in [3.8, 4) is 0 Å². The van der Waals surface area contributed by atoms with E-state index in [9.17, 15) is 22.4 Å². The molecule has 0 N–H and O–H groups in total. The zero-order valence-electron chi connectivity index (χ0n) is 18.0. The summed E-state index contributed by atoms with van der Waals surface area (Å²) in [6, 6.07) is 10.1. The second kappa shape index (κ2) is 8.52. The van der Waals surface area contributed by atoms with Gasteiger partial charge in [-0.3, -0.25) is 4.79 Å². The van der Waals surface area contributed by atoms with Gasteiger partial charge in [0, 0.05) is 38.4 Å². The molecule has 33 heavy (non-hydrogen) atoms. The second-order valence-corrected chi connectivity index (χ2v) is 8.75. The van der Waals surface area contributed by atoms with Crippen LogP contribution in [-0.4, -0.2) is 62.8 Å². The molecule has 176 valence electrons. The first kappa shape index (κ1) is 22.0. The van der Waals surface area contributed by atoms with Gasteiger partial charge in [0.25, 0.3) is 0 Å². The molecule has 3 aliphatic rings. The zero-order valence-corrected chi connectivity index (χ0v) is 18.0. The molecule has 0 aliphatic carbocycles. The molecule has 5 rings (SSSR count). The molecule has 0 saturated carbocycles. The lowest BCUT2D eigenvalue weighted by molar-refractivity contribution is -0.140. The van der Waals surface area contributed by atoms with Crippen molar-refractivity contribution in [3.05, 3.63) is 59.4 Å². The van der Waals surface area contributed by atoms with Crippen LogP contribution in [-0.2, 0) is 22.1 Å². The number of anilines is 2. The van der Waals surface area contributed by atoms with Gasteiger partial charge in [0.15, 0.2) is 0 Å². The number of carbonyl (C=O) groups is 1. The van der Waals surface area contributed by atoms with Crippen LogP contribution >= 0.6 is 0 Å². The van der Waals surface area contributed by atoms with E-state index in [1.807, 2.05) is 9.80 Å². The molecule has 9 heteroatoms. The predicted octanol–water partition coefficient (Wildman–Crippen LogP) is 3.57. The van der Waals surface area contributed by atoms with Crippen molar-refractivity contribution in [2.75, 3.05) is 55.7 Å². The van der Waals surface area contributed by atoms with E-state index in [4.69, 9.17) is 4.74 Å². The van der Waals surface area contributed by atoms with Crippen molar-refractivity contribution in [3.63, 3.8) is 0 Å². The summed E-state index contributed by atoms with van der Waals surface area (Å²) in [6.45, 7) is 3.25. The molecule has 0 aromatic heterocycles. The Hall–Kier alpha value is -2.81. The fourth-order valence-electron chi connectivity index (χ4n) is 5.23. The van der Waals surface area contributed by atoms with Crippen LogP contribution in [0.2, 0.25) is 0 Å². The maximum atomic E-state index is 14.5. The number of halogens is 4. The summed E-state index contributed by atoms with van der Waals surface area (Å²) in [5.41, 5.74) is 1.04. The minimum absolute atomic E-state index is 0.0771. The Kier molecular flexibility index (Phi) is 5.68. The number of hydrogen-bond acceptors (Lipinski definition) is 4. The number of amides is 1. The van der Waals surface area contributed by atoms with Crippen LogP contribution < -0.4 is 9.80 Å². The quantitative estimate of drug-likeness (QED) is 0.639. The van der Waals surface area contributed by atoms with E-state index < -0.39 is 17.7 Å². The Balaban J connectivity index is 1.50. The van der Waals surface area contributed by atoms with Crippen molar-refractivity contribution < 1.29 is 27.1 Å². The number of fused-ring (bicyclic) bond motifs is 3. The van der Waals surface area contributed by atoms with E-state index in [-0.39, 0.29) is 24.2 Å². The largest absolute Gasteiger partial charge is 0.416 e. The van der Waals surface area contributed by atoms with Crippen LogP contribution in [0.5, 0.6) is 0 Å². The van der Waals surface area contributed by atoms with Crippen molar-refractivity contribution in [1.82, 2.24) is 4.90 Å². The summed E-state index contributed by atoms with van der Waals surface area (Å²) in [5, 5.41) is 0. The van der Waals surface area contributed by atoms with E-state index in [2.05, 4.69) is 0 Å². The zero-order chi connectivity index (χ0) is 23.2. The smallest absolute Gasteiger partial charge is 0.378 e. The van der Waals surface area contributed by atoms with Crippen molar-refractivity contribution in [2.24, 2.45) is 5.92 Å². The van der Waals surface area contributed by atoms with Gasteiger partial charge in [-0.05, 0) is 42.3 Å². The fraction of sp³-hybridized carbons (Fsp3) is 0.458. The molecule has 3 aliphatic heterocycles. The molecule has 2 fully saturated rings. The highest BCUT2D eigenvalue weighted by Gasteiger charge is 2.44. The fourth-order valence-corrected chi connectivity index (χ4v) is 5.23. The number of para-hydroxylation sites is 1. The topological polar surface area (TPSA) is 36.0 Å². The monoisotopic (exact) mass is 463 g/mol. The minimum atomic E-state index is -4.45. The van der Waals surface area contributed by atoms with Crippen LogP contribution in [0.3, 0.4) is 0 Å². The minimum Gasteiger partial charge on any atom is -0.378 e. The van der Waals surface area contributed by atoms with Gasteiger partial charge in [0.2, 0.25) is 5.91 Å². The van der Waals surface area contributed by atoms with E-state index in [1.165, 1.54) is 18.2 Å². The molecule has 0 bridgehead atoms. The number of nitrogens with zero attached hydrogens (tertiary/aromatic N) is 3. The third-order valence-corrected chi connectivity index (χ3v) is 6.87. The number of morpholine rings is 1. The summed E-state index contributed by atoms with van der Waals surface area (Å²) in [7, 11) is 0. The Morgan fingerprint density at radius 1 is 0.970 bits per heavy atom. The molecular formula is C24H25F4N3O2. The Morgan fingerprint density at radius 2 is 1.73 bits per heavy atom. The molecule has 2 aromatic carbocycles. The van der Waals surface area contributed by atoms with Crippen LogP contribution in [0.4, 0.5) is 28.9 Å². The molecule has 2 aromatic rings. The van der Waals surface area contributed by atoms with Crippen LogP contribution in [0.25, 0.3) is 0 Å². The molecular weight excluding hydrogens is 438 g/mol. The molecule has 5 nitrogen and oxygen atoms in total. The summed E-state index contributed by atoms with van der Waals surface area (Å²) < 4.78 is 60.0. The highest BCUT2D eigenvalue weighted by Crippen LogP contribution is 2.41. The van der Waals surface area contributed by atoms with Crippen molar-refractivity contribution >= 4 is 17.3 Å². The summed E-state index contributed by atoms with van der Waals surface area (Å²) in [4.78, 5) is 19.3. The number of benzene rings is 2. The predicted molar refractivity (Wildman–Crippen MR) is 116 cm³/mol. The first-order chi connectivity index (χ1) is 15.8. The molecule has 2 unspecified atom stereocenters. The first-order valence-corrected chi connectivity index (χ1v) is 11.2. The maximum Gasteiger partial charge on any atom is 0.416 e. The van der Waals surface area contributed by atoms with Gasteiger partial charge in [-0.25, -0.2) is 4.39 Å². The van der Waals surface area contributed by atoms with E-state index in [0.29, 0.717) is 57.2 Å². The highest BCUT2D eigenvalue weighted by molar-refractivity contribution is 5.82. The number of rotatable bonds is 2. The van der Waals surface area contributed by atoms with Gasteiger partial charge in [0.1, 0.15) is 5.82 Å². The van der Waals surface area contributed by atoms with Crippen LogP contribution in [0.1, 0.15) is 11.1 Å². The van der Waals surface area contributed by atoms with Gasteiger partial charge in [-0.2, -0.15) is 13.2 Å². The van der Waals surface area contributed by atoms with Gasteiger partial charge in [-0.1, -0.05) is 12.1 Å². The Bertz CT molecular complexity index is 1040. The lowest BCUT2D eigenvalue weighted by atomic mass is 9.82. The van der Waals surface area contributed by atoms with Crippen LogP contribution in [0.15, 0.2) is 42.5 Å². The van der Waals surface area contributed by atoms with Gasteiger partial charge in [0.05, 0.1) is 36.4 Å². The number of piperazine rings is 1. The average Bonchev–Trinajstić information content (AvgIpc) is 2.82. The Labute approximate surface area is 189 Å². The molecule has 2 saturated heterocycles. The van der Waals surface area contributed by atoms with Gasteiger partial charge >= 0.3 is 6.18 Å². The number of carbonyl (C=O) groups excluding carboxylic acids is 1. The number of hydrogen-bond donors (Lipinski definition) is 0. The van der Waals surface area contributed by atoms with E-state index >= 15 is 0 Å². The lowest BCUT2D eigenvalue weighted by Crippen LogP contribution is -2.62. The molecule has 1 amide bonds. The van der Waals surface area contributed by atoms with E-state index in [0.717, 1.165) is 11.8 Å².